The van der Waals surface area contributed by atoms with E-state index in [-0.39, 0.29) is 12.5 Å². The van der Waals surface area contributed by atoms with Crippen molar-refractivity contribution in [2.75, 3.05) is 22.6 Å². The van der Waals surface area contributed by atoms with Crippen molar-refractivity contribution in [1.82, 2.24) is 15.0 Å². The van der Waals surface area contributed by atoms with Gasteiger partial charge in [-0.05, 0) is 61.0 Å². The summed E-state index contributed by atoms with van der Waals surface area (Å²) in [6.07, 6.45) is 3.17. The minimum Gasteiger partial charge on any atom is -0.484 e. The zero-order valence-corrected chi connectivity index (χ0v) is 17.4. The fraction of sp³-hybridized carbons (Fsp3) is 0.0833. The topological polar surface area (TPSA) is 101 Å². The Kier molecular flexibility index (Phi) is 6.52. The standard InChI is InChI=1S/C24H22N6O2/c1-17-5-4-6-20(13-17)32-15-24(31)29-19-10-8-18(9-11-19)28-22-14-23(27-16-26-22)30-21-7-2-3-12-25-21/h2-14,16H,15H2,1H3,(H,29,31)(H2,25,26,27,28,30). The number of hydrogen-bond acceptors (Lipinski definition) is 7. The number of ether oxygens (including phenoxy) is 1. The Balaban J connectivity index is 1.31. The third-order valence-electron chi connectivity index (χ3n) is 4.39. The first-order valence-corrected chi connectivity index (χ1v) is 10.0. The van der Waals surface area contributed by atoms with Gasteiger partial charge in [-0.15, -0.1) is 0 Å². The van der Waals surface area contributed by atoms with Gasteiger partial charge in [-0.1, -0.05) is 18.2 Å². The van der Waals surface area contributed by atoms with Crippen LogP contribution in [0.1, 0.15) is 5.56 Å². The van der Waals surface area contributed by atoms with Gasteiger partial charge in [-0.25, -0.2) is 15.0 Å². The van der Waals surface area contributed by atoms with Crippen LogP contribution in [0.3, 0.4) is 0 Å². The third kappa shape index (κ3) is 6.02. The summed E-state index contributed by atoms with van der Waals surface area (Å²) in [6.45, 7) is 1.91. The minimum atomic E-state index is -0.228. The van der Waals surface area contributed by atoms with Crippen LogP contribution in [0.15, 0.2) is 85.3 Å². The molecule has 8 heteroatoms. The molecule has 1 amide bonds. The molecule has 2 aromatic heterocycles. The molecule has 32 heavy (non-hydrogen) atoms. The van der Waals surface area contributed by atoms with Crippen molar-refractivity contribution in [3.63, 3.8) is 0 Å². The molecule has 0 saturated carbocycles. The summed E-state index contributed by atoms with van der Waals surface area (Å²) >= 11 is 0. The number of aromatic nitrogens is 3. The molecular formula is C24H22N6O2. The summed E-state index contributed by atoms with van der Waals surface area (Å²) < 4.78 is 5.53. The molecule has 0 aliphatic carbocycles. The molecule has 0 unspecified atom stereocenters. The van der Waals surface area contributed by atoms with Crippen LogP contribution < -0.4 is 20.7 Å². The predicted molar refractivity (Wildman–Crippen MR) is 125 cm³/mol. The predicted octanol–water partition coefficient (Wildman–Crippen LogP) is 4.68. The molecule has 4 rings (SSSR count). The quantitative estimate of drug-likeness (QED) is 0.376. The zero-order chi connectivity index (χ0) is 22.2. The maximum atomic E-state index is 12.2. The van der Waals surface area contributed by atoms with Crippen LogP contribution in [-0.2, 0) is 4.79 Å². The van der Waals surface area contributed by atoms with Crippen LogP contribution in [0.5, 0.6) is 5.75 Å². The first-order chi connectivity index (χ1) is 15.6. The largest absolute Gasteiger partial charge is 0.484 e. The van der Waals surface area contributed by atoms with Crippen molar-refractivity contribution in [3.05, 3.63) is 90.9 Å². The van der Waals surface area contributed by atoms with E-state index in [0.29, 0.717) is 28.9 Å². The number of benzene rings is 2. The summed E-state index contributed by atoms with van der Waals surface area (Å²) in [4.78, 5) is 24.8. The molecule has 4 aromatic rings. The van der Waals surface area contributed by atoms with Gasteiger partial charge in [0.15, 0.2) is 6.61 Å². The van der Waals surface area contributed by atoms with E-state index in [2.05, 4.69) is 30.9 Å². The lowest BCUT2D eigenvalue weighted by atomic mass is 10.2. The zero-order valence-electron chi connectivity index (χ0n) is 17.4. The van der Waals surface area contributed by atoms with E-state index >= 15 is 0 Å². The highest BCUT2D eigenvalue weighted by Crippen LogP contribution is 2.20. The number of rotatable bonds is 8. The number of carbonyl (C=O) groups excluding carboxylic acids is 1. The number of hydrogen-bond donors (Lipinski definition) is 3. The lowest BCUT2D eigenvalue weighted by molar-refractivity contribution is -0.118. The first-order valence-electron chi connectivity index (χ1n) is 10.0. The van der Waals surface area contributed by atoms with E-state index < -0.39 is 0 Å². The van der Waals surface area contributed by atoms with E-state index in [1.807, 2.05) is 61.5 Å². The summed E-state index contributed by atoms with van der Waals surface area (Å²) in [7, 11) is 0. The summed E-state index contributed by atoms with van der Waals surface area (Å²) in [5.41, 5.74) is 2.57. The third-order valence-corrected chi connectivity index (χ3v) is 4.39. The fourth-order valence-electron chi connectivity index (χ4n) is 2.90. The molecule has 0 spiro atoms. The van der Waals surface area contributed by atoms with Gasteiger partial charge in [-0.3, -0.25) is 4.79 Å². The normalized spacial score (nSPS) is 10.3. The van der Waals surface area contributed by atoms with Crippen molar-refractivity contribution < 1.29 is 9.53 Å². The van der Waals surface area contributed by atoms with Crippen LogP contribution >= 0.6 is 0 Å². The van der Waals surface area contributed by atoms with Crippen LogP contribution in [0.25, 0.3) is 0 Å². The molecule has 2 heterocycles. The van der Waals surface area contributed by atoms with Gasteiger partial charge in [0.1, 0.15) is 29.5 Å². The lowest BCUT2D eigenvalue weighted by Crippen LogP contribution is -2.20. The maximum absolute atomic E-state index is 12.2. The Morgan fingerprint density at radius 3 is 2.34 bits per heavy atom. The monoisotopic (exact) mass is 426 g/mol. The van der Waals surface area contributed by atoms with Gasteiger partial charge >= 0.3 is 0 Å². The molecule has 0 radical (unpaired) electrons. The number of nitrogens with one attached hydrogen (secondary N) is 3. The van der Waals surface area contributed by atoms with Crippen molar-refractivity contribution in [3.8, 4) is 5.75 Å². The molecule has 8 nitrogen and oxygen atoms in total. The highest BCUT2D eigenvalue weighted by Gasteiger charge is 2.05. The molecule has 0 bridgehead atoms. The smallest absolute Gasteiger partial charge is 0.262 e. The van der Waals surface area contributed by atoms with E-state index in [4.69, 9.17) is 4.74 Å². The summed E-state index contributed by atoms with van der Waals surface area (Å²) in [6, 6.07) is 22.3. The summed E-state index contributed by atoms with van der Waals surface area (Å²) in [5.74, 6) is 2.39. The second kappa shape index (κ2) is 10.0. The van der Waals surface area contributed by atoms with Gasteiger partial charge in [0, 0.05) is 23.6 Å². The number of aryl methyl sites for hydroxylation is 1. The molecular weight excluding hydrogens is 404 g/mol. The van der Waals surface area contributed by atoms with Crippen LogP contribution in [0.4, 0.5) is 28.8 Å². The number of amides is 1. The van der Waals surface area contributed by atoms with Gasteiger partial charge in [0.2, 0.25) is 0 Å². The lowest BCUT2D eigenvalue weighted by Gasteiger charge is -2.10. The molecule has 0 aliphatic heterocycles. The average molecular weight is 426 g/mol. The van der Waals surface area contributed by atoms with Crippen LogP contribution in [0.2, 0.25) is 0 Å². The molecule has 0 aliphatic rings. The maximum Gasteiger partial charge on any atom is 0.262 e. The first kappa shape index (κ1) is 20.8. The van der Waals surface area contributed by atoms with E-state index in [1.165, 1.54) is 6.33 Å². The molecule has 3 N–H and O–H groups in total. The second-order valence-corrected chi connectivity index (χ2v) is 6.98. The highest BCUT2D eigenvalue weighted by molar-refractivity contribution is 5.92. The number of nitrogens with zero attached hydrogens (tertiary/aromatic N) is 3. The Hall–Kier alpha value is -4.46. The number of pyridine rings is 1. The van der Waals surface area contributed by atoms with Crippen LogP contribution in [-0.4, -0.2) is 27.5 Å². The van der Waals surface area contributed by atoms with Crippen molar-refractivity contribution in [2.24, 2.45) is 0 Å². The molecule has 160 valence electrons. The van der Waals surface area contributed by atoms with E-state index in [9.17, 15) is 4.79 Å². The van der Waals surface area contributed by atoms with Crippen molar-refractivity contribution in [2.45, 2.75) is 6.92 Å². The highest BCUT2D eigenvalue weighted by atomic mass is 16.5. The molecule has 2 aromatic carbocycles. The van der Waals surface area contributed by atoms with Gasteiger partial charge in [-0.2, -0.15) is 0 Å². The molecule has 0 atom stereocenters. The molecule has 0 saturated heterocycles. The number of carbonyl (C=O) groups is 1. The van der Waals surface area contributed by atoms with Crippen molar-refractivity contribution in [1.29, 1.82) is 0 Å². The molecule has 0 fully saturated rings. The van der Waals surface area contributed by atoms with Gasteiger partial charge in [0.25, 0.3) is 5.91 Å². The fourth-order valence-corrected chi connectivity index (χ4v) is 2.90. The Labute approximate surface area is 185 Å². The average Bonchev–Trinajstić information content (AvgIpc) is 2.80. The SMILES string of the molecule is Cc1cccc(OCC(=O)Nc2ccc(Nc3cc(Nc4ccccn4)ncn3)cc2)c1. The second-order valence-electron chi connectivity index (χ2n) is 6.98. The van der Waals surface area contributed by atoms with Crippen molar-refractivity contribution >= 4 is 34.7 Å². The van der Waals surface area contributed by atoms with Crippen LogP contribution in [0, 0.1) is 6.92 Å². The van der Waals surface area contributed by atoms with E-state index in [0.717, 1.165) is 11.3 Å². The number of anilines is 5. The van der Waals surface area contributed by atoms with Gasteiger partial charge < -0.3 is 20.7 Å². The Bertz CT molecular complexity index is 1180. The Morgan fingerprint density at radius 2 is 1.59 bits per heavy atom. The summed E-state index contributed by atoms with van der Waals surface area (Å²) in [5, 5.41) is 9.16. The van der Waals surface area contributed by atoms with E-state index in [1.54, 1.807) is 24.4 Å². The minimum absolute atomic E-state index is 0.0591. The Morgan fingerprint density at radius 1 is 0.812 bits per heavy atom. The van der Waals surface area contributed by atoms with Gasteiger partial charge in [0.05, 0.1) is 0 Å².